The zero-order chi connectivity index (χ0) is 25.9. The molecule has 2 heterocycles. The molecule has 0 saturated carbocycles. The van der Waals surface area contributed by atoms with Crippen molar-refractivity contribution in [1.29, 1.82) is 0 Å². The van der Waals surface area contributed by atoms with Gasteiger partial charge >= 0.3 is 12.1 Å². The number of aryl methyl sites for hydroxylation is 1. The van der Waals surface area contributed by atoms with Crippen LogP contribution in [-0.4, -0.2) is 34.1 Å². The number of hydrogen-bond donors (Lipinski definition) is 2. The minimum atomic E-state index is -0.790. The molecule has 2 aromatic heterocycles. The summed E-state index contributed by atoms with van der Waals surface area (Å²) in [7, 11) is 0. The molecule has 0 aliphatic rings. The van der Waals surface area contributed by atoms with E-state index in [1.807, 2.05) is 30.3 Å². The third-order valence-electron chi connectivity index (χ3n) is 5.24. The van der Waals surface area contributed by atoms with Crippen molar-refractivity contribution in [2.75, 3.05) is 11.9 Å². The summed E-state index contributed by atoms with van der Waals surface area (Å²) in [5.74, 6) is -0.970. The maximum Gasteiger partial charge on any atom is 0.412 e. The van der Waals surface area contributed by atoms with Crippen molar-refractivity contribution in [3.05, 3.63) is 94.2 Å². The van der Waals surface area contributed by atoms with Gasteiger partial charge < -0.3 is 19.4 Å². The number of rotatable bonds is 10. The number of ether oxygens (including phenoxy) is 2. The second kappa shape index (κ2) is 12.8. The molecule has 2 amide bonds. The quantitative estimate of drug-likeness (QED) is 0.416. The largest absolute Gasteiger partial charge is 0.466 e. The zero-order valence-electron chi connectivity index (χ0n) is 20.1. The molecule has 10 nitrogen and oxygen atoms in total. The van der Waals surface area contributed by atoms with Crippen LogP contribution in [0.1, 0.15) is 36.2 Å². The van der Waals surface area contributed by atoms with Crippen molar-refractivity contribution in [2.24, 2.45) is 0 Å². The molecule has 0 unspecified atom stereocenters. The molecule has 0 radical (unpaired) electrons. The minimum absolute atomic E-state index is 0.0261. The number of carbonyl (C=O) groups is 3. The summed E-state index contributed by atoms with van der Waals surface area (Å²) in [5, 5.41) is 5.21. The molecule has 188 valence electrons. The third-order valence-corrected chi connectivity index (χ3v) is 5.24. The number of amides is 2. The number of hydrogen-bond acceptors (Lipinski definition) is 7. The number of nitrogens with zero attached hydrogens (tertiary/aromatic N) is 2. The second-order valence-corrected chi connectivity index (χ2v) is 7.88. The molecule has 1 aromatic carbocycles. The van der Waals surface area contributed by atoms with Crippen LogP contribution in [0.5, 0.6) is 0 Å². The second-order valence-electron chi connectivity index (χ2n) is 7.88. The Balaban J connectivity index is 1.69. The van der Waals surface area contributed by atoms with Crippen LogP contribution in [0.3, 0.4) is 0 Å². The highest BCUT2D eigenvalue weighted by atomic mass is 16.5. The first kappa shape index (κ1) is 26.1. The number of nitrogens with one attached hydrogen (secondary N) is 2. The summed E-state index contributed by atoms with van der Waals surface area (Å²) < 4.78 is 11.4. The van der Waals surface area contributed by atoms with E-state index in [1.54, 1.807) is 44.4 Å². The number of aromatic nitrogens is 2. The van der Waals surface area contributed by atoms with Gasteiger partial charge in [-0.25, -0.2) is 4.79 Å². The standard InChI is InChI=1S/C26H28N4O6/c1-3-35-24(32)14-22(20-10-7-13-27-15-20)28-23(31)16-30-18(2)11-12-21(25(30)33)29-26(34)36-17-19-8-5-4-6-9-19/h4-13,15,22H,3,14,16-17H2,1-2H3,(H,28,31)(H,29,34)/t22-/m0/s1. The van der Waals surface area contributed by atoms with Gasteiger partial charge in [0.05, 0.1) is 19.1 Å². The first-order valence-corrected chi connectivity index (χ1v) is 11.4. The summed E-state index contributed by atoms with van der Waals surface area (Å²) in [6.07, 6.45) is 2.25. The lowest BCUT2D eigenvalue weighted by molar-refractivity contribution is -0.143. The average molecular weight is 493 g/mol. The normalized spacial score (nSPS) is 11.3. The average Bonchev–Trinajstić information content (AvgIpc) is 2.88. The van der Waals surface area contributed by atoms with Crippen molar-refractivity contribution >= 4 is 23.7 Å². The third kappa shape index (κ3) is 7.52. The lowest BCUT2D eigenvalue weighted by atomic mass is 10.1. The van der Waals surface area contributed by atoms with Gasteiger partial charge in [0, 0.05) is 18.1 Å². The fourth-order valence-corrected chi connectivity index (χ4v) is 3.44. The lowest BCUT2D eigenvalue weighted by Gasteiger charge is -2.19. The Morgan fingerprint density at radius 1 is 1.03 bits per heavy atom. The van der Waals surface area contributed by atoms with E-state index in [2.05, 4.69) is 15.6 Å². The van der Waals surface area contributed by atoms with Gasteiger partial charge in [-0.1, -0.05) is 36.4 Å². The van der Waals surface area contributed by atoms with Gasteiger partial charge in [-0.05, 0) is 43.2 Å². The highest BCUT2D eigenvalue weighted by Gasteiger charge is 2.21. The maximum absolute atomic E-state index is 13.0. The van der Waals surface area contributed by atoms with E-state index >= 15 is 0 Å². The van der Waals surface area contributed by atoms with Crippen molar-refractivity contribution < 1.29 is 23.9 Å². The van der Waals surface area contributed by atoms with E-state index in [1.165, 1.54) is 10.6 Å². The number of benzene rings is 1. The van der Waals surface area contributed by atoms with Crippen LogP contribution in [0.4, 0.5) is 10.5 Å². The van der Waals surface area contributed by atoms with Gasteiger partial charge in [0.2, 0.25) is 5.91 Å². The molecule has 3 rings (SSSR count). The maximum atomic E-state index is 13.0. The SMILES string of the molecule is CCOC(=O)C[C@H](NC(=O)Cn1c(C)ccc(NC(=O)OCc2ccccc2)c1=O)c1cccnc1. The molecule has 2 N–H and O–H groups in total. The Bertz CT molecular complexity index is 1240. The van der Waals surface area contributed by atoms with E-state index in [0.717, 1.165) is 5.56 Å². The van der Waals surface area contributed by atoms with E-state index in [-0.39, 0.29) is 31.9 Å². The molecule has 36 heavy (non-hydrogen) atoms. The summed E-state index contributed by atoms with van der Waals surface area (Å²) in [6.45, 7) is 3.31. The number of anilines is 1. The number of esters is 1. The molecule has 0 bridgehead atoms. The van der Waals surface area contributed by atoms with Crippen molar-refractivity contribution in [3.63, 3.8) is 0 Å². The highest BCUT2D eigenvalue weighted by molar-refractivity contribution is 5.84. The topological polar surface area (TPSA) is 129 Å². The van der Waals surface area contributed by atoms with Crippen molar-refractivity contribution in [1.82, 2.24) is 14.9 Å². The van der Waals surface area contributed by atoms with Gasteiger partial charge in [-0.2, -0.15) is 0 Å². The highest BCUT2D eigenvalue weighted by Crippen LogP contribution is 2.16. The smallest absolute Gasteiger partial charge is 0.412 e. The van der Waals surface area contributed by atoms with Gasteiger partial charge in [0.1, 0.15) is 18.8 Å². The predicted octanol–water partition coefficient (Wildman–Crippen LogP) is 3.11. The Morgan fingerprint density at radius 2 is 1.81 bits per heavy atom. The fourth-order valence-electron chi connectivity index (χ4n) is 3.44. The lowest BCUT2D eigenvalue weighted by Crippen LogP contribution is -2.37. The van der Waals surface area contributed by atoms with Crippen LogP contribution < -0.4 is 16.2 Å². The van der Waals surface area contributed by atoms with Crippen LogP contribution in [0.2, 0.25) is 0 Å². The summed E-state index contributed by atoms with van der Waals surface area (Å²) in [4.78, 5) is 54.2. The molecule has 0 fully saturated rings. The minimum Gasteiger partial charge on any atom is -0.466 e. The summed E-state index contributed by atoms with van der Waals surface area (Å²) in [6, 6.07) is 14.9. The molecule has 0 saturated heterocycles. The van der Waals surface area contributed by atoms with Crippen molar-refractivity contribution in [2.45, 2.75) is 39.5 Å². The Labute approximate surface area is 208 Å². The summed E-state index contributed by atoms with van der Waals surface area (Å²) >= 11 is 0. The van der Waals surface area contributed by atoms with E-state index in [9.17, 15) is 19.2 Å². The molecule has 1 atom stereocenters. The van der Waals surface area contributed by atoms with E-state index in [0.29, 0.717) is 11.3 Å². The van der Waals surface area contributed by atoms with Crippen LogP contribution >= 0.6 is 0 Å². The Kier molecular flexibility index (Phi) is 9.33. The predicted molar refractivity (Wildman–Crippen MR) is 132 cm³/mol. The number of carbonyl (C=O) groups excluding carboxylic acids is 3. The molecule has 0 spiro atoms. The first-order chi connectivity index (χ1) is 17.4. The molecule has 10 heteroatoms. The molecule has 0 aliphatic carbocycles. The van der Waals surface area contributed by atoms with Gasteiger partial charge in [0.15, 0.2) is 0 Å². The Morgan fingerprint density at radius 3 is 2.50 bits per heavy atom. The van der Waals surface area contributed by atoms with Crippen LogP contribution in [0.25, 0.3) is 0 Å². The van der Waals surface area contributed by atoms with Crippen LogP contribution in [0.15, 0.2) is 71.8 Å². The molecule has 0 aliphatic heterocycles. The fraction of sp³-hybridized carbons (Fsp3) is 0.269. The monoisotopic (exact) mass is 492 g/mol. The van der Waals surface area contributed by atoms with Crippen molar-refractivity contribution in [3.8, 4) is 0 Å². The van der Waals surface area contributed by atoms with Gasteiger partial charge in [-0.15, -0.1) is 0 Å². The van der Waals surface area contributed by atoms with Crippen LogP contribution in [0, 0.1) is 6.92 Å². The Hall–Kier alpha value is -4.47. The first-order valence-electron chi connectivity index (χ1n) is 11.4. The van der Waals surface area contributed by atoms with E-state index in [4.69, 9.17) is 9.47 Å². The zero-order valence-corrected chi connectivity index (χ0v) is 20.1. The number of pyridine rings is 2. The van der Waals surface area contributed by atoms with Gasteiger partial charge in [-0.3, -0.25) is 24.7 Å². The molecular weight excluding hydrogens is 464 g/mol. The summed E-state index contributed by atoms with van der Waals surface area (Å²) in [5.41, 5.74) is 1.35. The molecular formula is C26H28N4O6. The molecule has 3 aromatic rings. The van der Waals surface area contributed by atoms with Gasteiger partial charge in [0.25, 0.3) is 5.56 Å². The van der Waals surface area contributed by atoms with Crippen LogP contribution in [-0.2, 0) is 32.2 Å². The van der Waals surface area contributed by atoms with E-state index < -0.39 is 29.6 Å².